The maximum absolute atomic E-state index is 13.0. The van der Waals surface area contributed by atoms with Crippen LogP contribution in [0.4, 0.5) is 0 Å². The lowest BCUT2D eigenvalue weighted by Gasteiger charge is -2.18. The lowest BCUT2D eigenvalue weighted by Crippen LogP contribution is -2.29. The standard InChI is InChI=1S/C19H16N2O2/c1-20(2)11-21-17-13-8-4-5-9-14(13)18(22)16(17)12-7-3-6-10-15(12)19(21)23/h3-10H,11H2,1-2H3. The molecule has 0 saturated carbocycles. The van der Waals surface area contributed by atoms with E-state index < -0.39 is 0 Å². The molecule has 0 aliphatic heterocycles. The van der Waals surface area contributed by atoms with E-state index in [0.29, 0.717) is 23.2 Å². The van der Waals surface area contributed by atoms with Crippen molar-refractivity contribution in [1.82, 2.24) is 9.47 Å². The maximum Gasteiger partial charge on any atom is 0.260 e. The Morgan fingerprint density at radius 1 is 0.870 bits per heavy atom. The summed E-state index contributed by atoms with van der Waals surface area (Å²) >= 11 is 0. The average molecular weight is 304 g/mol. The molecule has 0 saturated heterocycles. The van der Waals surface area contributed by atoms with Gasteiger partial charge in [-0.2, -0.15) is 0 Å². The molecule has 0 unspecified atom stereocenters. The Morgan fingerprint density at radius 2 is 1.48 bits per heavy atom. The van der Waals surface area contributed by atoms with Crippen molar-refractivity contribution in [3.8, 4) is 11.3 Å². The Bertz CT molecular complexity index is 1020. The van der Waals surface area contributed by atoms with Crippen LogP contribution in [0.3, 0.4) is 0 Å². The van der Waals surface area contributed by atoms with E-state index in [9.17, 15) is 9.59 Å². The predicted molar refractivity (Wildman–Crippen MR) is 90.8 cm³/mol. The summed E-state index contributed by atoms with van der Waals surface area (Å²) in [7, 11) is 3.83. The fraction of sp³-hybridized carbons (Fsp3) is 0.158. The molecule has 1 aliphatic rings. The van der Waals surface area contributed by atoms with Crippen LogP contribution in [-0.4, -0.2) is 29.3 Å². The molecular formula is C19H16N2O2. The monoisotopic (exact) mass is 304 g/mol. The Hall–Kier alpha value is -2.72. The van der Waals surface area contributed by atoms with Crippen LogP contribution in [0.25, 0.3) is 22.0 Å². The zero-order valence-electron chi connectivity index (χ0n) is 13.0. The first-order valence-corrected chi connectivity index (χ1v) is 7.54. The molecule has 4 rings (SSSR count). The first-order chi connectivity index (χ1) is 11.1. The number of rotatable bonds is 2. The van der Waals surface area contributed by atoms with Crippen LogP contribution in [0.2, 0.25) is 0 Å². The van der Waals surface area contributed by atoms with Crippen molar-refractivity contribution in [2.24, 2.45) is 0 Å². The van der Waals surface area contributed by atoms with E-state index in [2.05, 4.69) is 0 Å². The molecule has 1 aliphatic carbocycles. The number of benzene rings is 2. The molecule has 4 heteroatoms. The molecule has 23 heavy (non-hydrogen) atoms. The van der Waals surface area contributed by atoms with E-state index >= 15 is 0 Å². The summed E-state index contributed by atoms with van der Waals surface area (Å²) in [6.45, 7) is 0.438. The van der Waals surface area contributed by atoms with Gasteiger partial charge in [-0.3, -0.25) is 19.1 Å². The van der Waals surface area contributed by atoms with E-state index in [4.69, 9.17) is 0 Å². The molecule has 0 fully saturated rings. The fourth-order valence-electron chi connectivity index (χ4n) is 3.35. The molecule has 0 atom stereocenters. The molecule has 0 amide bonds. The van der Waals surface area contributed by atoms with Gasteiger partial charge in [-0.25, -0.2) is 0 Å². The van der Waals surface area contributed by atoms with Crippen LogP contribution in [0.15, 0.2) is 53.3 Å². The van der Waals surface area contributed by atoms with Crippen LogP contribution in [-0.2, 0) is 6.67 Å². The quantitative estimate of drug-likeness (QED) is 0.572. The Labute approximate surface area is 133 Å². The molecule has 0 radical (unpaired) electrons. The maximum atomic E-state index is 13.0. The first-order valence-electron chi connectivity index (χ1n) is 7.54. The second-order valence-electron chi connectivity index (χ2n) is 6.10. The molecule has 114 valence electrons. The highest BCUT2D eigenvalue weighted by atomic mass is 16.1. The molecule has 0 bridgehead atoms. The Balaban J connectivity index is 2.21. The second-order valence-corrected chi connectivity index (χ2v) is 6.10. The van der Waals surface area contributed by atoms with Gasteiger partial charge in [-0.1, -0.05) is 42.5 Å². The Kier molecular flexibility index (Phi) is 2.96. The number of pyridine rings is 1. The van der Waals surface area contributed by atoms with Gasteiger partial charge in [0.15, 0.2) is 5.78 Å². The normalized spacial score (nSPS) is 12.7. The first kappa shape index (κ1) is 13.9. The van der Waals surface area contributed by atoms with Crippen LogP contribution in [0, 0.1) is 0 Å². The van der Waals surface area contributed by atoms with Gasteiger partial charge in [0.25, 0.3) is 5.56 Å². The molecule has 0 N–H and O–H groups in total. The summed E-state index contributed by atoms with van der Waals surface area (Å²) in [6.07, 6.45) is 0. The lowest BCUT2D eigenvalue weighted by atomic mass is 10.0. The minimum atomic E-state index is -0.0578. The molecular weight excluding hydrogens is 288 g/mol. The smallest absolute Gasteiger partial charge is 0.260 e. The summed E-state index contributed by atoms with van der Waals surface area (Å²) in [5.41, 5.74) is 2.84. The highest BCUT2D eigenvalue weighted by Crippen LogP contribution is 2.38. The van der Waals surface area contributed by atoms with Crippen LogP contribution < -0.4 is 5.56 Å². The molecule has 2 aromatic carbocycles. The van der Waals surface area contributed by atoms with E-state index in [1.165, 1.54) is 0 Å². The SMILES string of the molecule is CN(C)Cn1c2c(c3ccccc3c1=O)C(=O)c1ccccc1-2. The van der Waals surface area contributed by atoms with Crippen molar-refractivity contribution in [3.05, 3.63) is 70.0 Å². The summed E-state index contributed by atoms with van der Waals surface area (Å²) in [4.78, 5) is 27.8. The van der Waals surface area contributed by atoms with Gasteiger partial charge >= 0.3 is 0 Å². The van der Waals surface area contributed by atoms with Gasteiger partial charge < -0.3 is 0 Å². The van der Waals surface area contributed by atoms with Crippen LogP contribution in [0.1, 0.15) is 15.9 Å². The van der Waals surface area contributed by atoms with Gasteiger partial charge in [0.05, 0.1) is 17.9 Å². The predicted octanol–water partition coefficient (Wildman–Crippen LogP) is 2.73. The van der Waals surface area contributed by atoms with Gasteiger partial charge in [0.1, 0.15) is 0 Å². The molecule has 1 heterocycles. The molecule has 0 spiro atoms. The van der Waals surface area contributed by atoms with Gasteiger partial charge in [-0.15, -0.1) is 0 Å². The molecule has 4 nitrogen and oxygen atoms in total. The molecule has 3 aromatic rings. The van der Waals surface area contributed by atoms with E-state index in [1.807, 2.05) is 61.5 Å². The number of fused-ring (bicyclic) bond motifs is 5. The van der Waals surface area contributed by atoms with Gasteiger partial charge in [-0.05, 0) is 20.2 Å². The van der Waals surface area contributed by atoms with Crippen molar-refractivity contribution >= 4 is 16.6 Å². The zero-order chi connectivity index (χ0) is 16.1. The average Bonchev–Trinajstić information content (AvgIpc) is 2.85. The fourth-order valence-corrected chi connectivity index (χ4v) is 3.35. The number of ketones is 1. The largest absolute Gasteiger partial charge is 0.293 e. The van der Waals surface area contributed by atoms with Gasteiger partial charge in [0, 0.05) is 21.9 Å². The van der Waals surface area contributed by atoms with E-state index in [1.54, 1.807) is 10.6 Å². The van der Waals surface area contributed by atoms with Crippen molar-refractivity contribution in [3.63, 3.8) is 0 Å². The number of carbonyl (C=O) groups is 1. The third-order valence-electron chi connectivity index (χ3n) is 4.26. The summed E-state index contributed by atoms with van der Waals surface area (Å²) in [5.74, 6) is -0.000642. The number of hydrogen-bond acceptors (Lipinski definition) is 3. The minimum Gasteiger partial charge on any atom is -0.293 e. The lowest BCUT2D eigenvalue weighted by molar-refractivity contribution is 0.104. The van der Waals surface area contributed by atoms with Crippen molar-refractivity contribution < 1.29 is 4.79 Å². The van der Waals surface area contributed by atoms with Crippen molar-refractivity contribution in [1.29, 1.82) is 0 Å². The van der Waals surface area contributed by atoms with E-state index in [0.717, 1.165) is 16.6 Å². The molecule has 1 aromatic heterocycles. The van der Waals surface area contributed by atoms with E-state index in [-0.39, 0.29) is 11.3 Å². The third kappa shape index (κ3) is 1.88. The Morgan fingerprint density at radius 3 is 2.17 bits per heavy atom. The number of hydrogen-bond donors (Lipinski definition) is 0. The number of aromatic nitrogens is 1. The van der Waals surface area contributed by atoms with Crippen molar-refractivity contribution in [2.45, 2.75) is 6.67 Å². The van der Waals surface area contributed by atoms with Gasteiger partial charge in [0.2, 0.25) is 0 Å². The summed E-state index contributed by atoms with van der Waals surface area (Å²) < 4.78 is 1.71. The third-order valence-corrected chi connectivity index (χ3v) is 4.26. The summed E-state index contributed by atoms with van der Waals surface area (Å²) in [6, 6.07) is 14.9. The minimum absolute atomic E-state index is 0.000642. The summed E-state index contributed by atoms with van der Waals surface area (Å²) in [5, 5.41) is 1.33. The number of nitrogens with zero attached hydrogens (tertiary/aromatic N) is 2. The zero-order valence-corrected chi connectivity index (χ0v) is 13.0. The topological polar surface area (TPSA) is 42.3 Å². The van der Waals surface area contributed by atoms with Crippen LogP contribution in [0.5, 0.6) is 0 Å². The second kappa shape index (κ2) is 4.89. The highest BCUT2D eigenvalue weighted by Gasteiger charge is 2.32. The highest BCUT2D eigenvalue weighted by molar-refractivity contribution is 6.26. The van der Waals surface area contributed by atoms with Crippen molar-refractivity contribution in [2.75, 3.05) is 14.1 Å². The van der Waals surface area contributed by atoms with Crippen LogP contribution >= 0.6 is 0 Å². The number of carbonyl (C=O) groups excluding carboxylic acids is 1.